The van der Waals surface area contributed by atoms with Crippen LogP contribution in [0.5, 0.6) is 0 Å². The van der Waals surface area contributed by atoms with E-state index < -0.39 is 0 Å². The first-order chi connectivity index (χ1) is 10.6. The molecule has 2 aliphatic heterocycles. The molecule has 3 N–H and O–H groups in total. The van der Waals surface area contributed by atoms with Crippen LogP contribution in [0.25, 0.3) is 0 Å². The van der Waals surface area contributed by atoms with E-state index in [1.807, 2.05) is 24.3 Å². The number of carbonyl (C=O) groups excluding carboxylic acids is 1. The van der Waals surface area contributed by atoms with Crippen molar-refractivity contribution >= 4 is 28.5 Å². The summed E-state index contributed by atoms with van der Waals surface area (Å²) in [6.07, 6.45) is 2.35. The number of benzene rings is 1. The zero-order chi connectivity index (χ0) is 15.6. The molecule has 1 aromatic rings. The molecule has 0 saturated carbocycles. The Morgan fingerprint density at radius 2 is 2.41 bits per heavy atom. The molecule has 1 saturated heterocycles. The third kappa shape index (κ3) is 3.28. The Bertz CT molecular complexity index is 599. The number of ether oxygens (including phenoxy) is 1. The maximum Gasteiger partial charge on any atom is 0.253 e. The molecular weight excluding hydrogens is 298 g/mol. The van der Waals surface area contributed by atoms with Crippen LogP contribution in [-0.4, -0.2) is 29.5 Å². The summed E-state index contributed by atoms with van der Waals surface area (Å²) >= 11 is 1.59. The predicted octanol–water partition coefficient (Wildman–Crippen LogP) is 2.47. The van der Waals surface area contributed by atoms with Gasteiger partial charge in [-0.25, -0.2) is 0 Å². The second-order valence-electron chi connectivity index (χ2n) is 5.89. The van der Waals surface area contributed by atoms with Gasteiger partial charge in [0.15, 0.2) is 5.17 Å². The first kappa shape index (κ1) is 15.4. The Hall–Kier alpha value is -1.53. The fraction of sp³-hybridized carbons (Fsp3) is 0.500. The average Bonchev–Trinajstić information content (AvgIpc) is 3.01. The molecule has 0 radical (unpaired) electrons. The van der Waals surface area contributed by atoms with Gasteiger partial charge in [0.2, 0.25) is 0 Å². The minimum Gasteiger partial charge on any atom is -0.379 e. The van der Waals surface area contributed by atoms with Gasteiger partial charge >= 0.3 is 0 Å². The number of hydrogen-bond donors (Lipinski definition) is 2. The topological polar surface area (TPSA) is 76.7 Å². The standard InChI is InChI=1S/C16H21N3O2S/c1-16(7-9-22-15(17)19-16)11-4-2-5-12(10-11)18-14(20)13-6-3-8-21-13/h2,4-5,10,13H,3,6-9H2,1H3,(H2,17,19)(H,18,20)/t13?,16-/m0/s1. The normalized spacial score (nSPS) is 28.2. The van der Waals surface area contributed by atoms with Crippen molar-refractivity contribution in [3.05, 3.63) is 29.8 Å². The number of thioether (sulfide) groups is 1. The Labute approximate surface area is 134 Å². The van der Waals surface area contributed by atoms with Crippen LogP contribution in [0, 0.1) is 0 Å². The lowest BCUT2D eigenvalue weighted by Gasteiger charge is -2.30. The van der Waals surface area contributed by atoms with Crippen LogP contribution in [0.1, 0.15) is 31.7 Å². The Morgan fingerprint density at radius 1 is 1.55 bits per heavy atom. The van der Waals surface area contributed by atoms with Gasteiger partial charge in [-0.2, -0.15) is 0 Å². The quantitative estimate of drug-likeness (QED) is 0.897. The van der Waals surface area contributed by atoms with Crippen LogP contribution in [0.4, 0.5) is 5.69 Å². The summed E-state index contributed by atoms with van der Waals surface area (Å²) in [6.45, 7) is 2.75. The number of nitrogens with zero attached hydrogens (tertiary/aromatic N) is 1. The second-order valence-corrected chi connectivity index (χ2v) is 7.01. The molecule has 5 nitrogen and oxygen atoms in total. The molecule has 1 amide bonds. The lowest BCUT2D eigenvalue weighted by atomic mass is 9.89. The SMILES string of the molecule is C[C@@]1(c2cccc(NC(=O)C3CCCO3)c2)CCSC(N)=N1. The van der Waals surface area contributed by atoms with Crippen molar-refractivity contribution in [3.8, 4) is 0 Å². The summed E-state index contributed by atoms with van der Waals surface area (Å²) in [7, 11) is 0. The van der Waals surface area contributed by atoms with Gasteiger partial charge in [-0.3, -0.25) is 9.79 Å². The van der Waals surface area contributed by atoms with E-state index in [4.69, 9.17) is 10.5 Å². The molecule has 1 fully saturated rings. The van der Waals surface area contributed by atoms with E-state index in [0.29, 0.717) is 11.8 Å². The van der Waals surface area contributed by atoms with E-state index >= 15 is 0 Å². The van der Waals surface area contributed by atoms with Crippen LogP contribution in [-0.2, 0) is 15.1 Å². The monoisotopic (exact) mass is 319 g/mol. The highest BCUT2D eigenvalue weighted by Crippen LogP contribution is 2.35. The third-order valence-corrected chi connectivity index (χ3v) is 4.97. The van der Waals surface area contributed by atoms with Crippen molar-refractivity contribution in [2.45, 2.75) is 37.8 Å². The maximum atomic E-state index is 12.1. The number of amidine groups is 1. The first-order valence-corrected chi connectivity index (χ1v) is 8.56. The van der Waals surface area contributed by atoms with E-state index in [2.05, 4.69) is 17.2 Å². The number of amides is 1. The zero-order valence-electron chi connectivity index (χ0n) is 12.7. The molecule has 2 atom stereocenters. The minimum atomic E-state index is -0.320. The van der Waals surface area contributed by atoms with Gasteiger partial charge in [0.05, 0.1) is 5.54 Å². The van der Waals surface area contributed by atoms with Crippen molar-refractivity contribution < 1.29 is 9.53 Å². The molecule has 22 heavy (non-hydrogen) atoms. The second kappa shape index (κ2) is 6.30. The predicted molar refractivity (Wildman–Crippen MR) is 90.1 cm³/mol. The molecule has 1 aromatic carbocycles. The van der Waals surface area contributed by atoms with Crippen molar-refractivity contribution in [2.24, 2.45) is 10.7 Å². The first-order valence-electron chi connectivity index (χ1n) is 7.58. The van der Waals surface area contributed by atoms with Crippen molar-refractivity contribution in [3.63, 3.8) is 0 Å². The average molecular weight is 319 g/mol. The summed E-state index contributed by atoms with van der Waals surface area (Å²) < 4.78 is 5.41. The van der Waals surface area contributed by atoms with E-state index in [0.717, 1.165) is 36.3 Å². The molecule has 0 aromatic heterocycles. The van der Waals surface area contributed by atoms with Crippen molar-refractivity contribution in [1.82, 2.24) is 0 Å². The van der Waals surface area contributed by atoms with Gasteiger partial charge < -0.3 is 15.8 Å². The van der Waals surface area contributed by atoms with Gasteiger partial charge in [-0.05, 0) is 43.9 Å². The molecule has 0 aliphatic carbocycles. The van der Waals surface area contributed by atoms with Gasteiger partial charge in [-0.15, -0.1) is 0 Å². The molecule has 3 rings (SSSR count). The third-order valence-electron chi connectivity index (χ3n) is 4.17. The largest absolute Gasteiger partial charge is 0.379 e. The van der Waals surface area contributed by atoms with Crippen LogP contribution in [0.2, 0.25) is 0 Å². The number of nitrogens with one attached hydrogen (secondary N) is 1. The molecule has 2 heterocycles. The van der Waals surface area contributed by atoms with E-state index in [9.17, 15) is 4.79 Å². The fourth-order valence-corrected chi connectivity index (χ4v) is 3.81. The molecule has 0 spiro atoms. The Balaban J connectivity index is 1.77. The van der Waals surface area contributed by atoms with Crippen LogP contribution in [0.15, 0.2) is 29.3 Å². The summed E-state index contributed by atoms with van der Waals surface area (Å²) in [6, 6.07) is 7.86. The van der Waals surface area contributed by atoms with Gasteiger partial charge in [0.25, 0.3) is 5.91 Å². The van der Waals surface area contributed by atoms with Crippen LogP contribution in [0.3, 0.4) is 0 Å². The molecule has 0 bridgehead atoms. The highest BCUT2D eigenvalue weighted by atomic mass is 32.2. The molecule has 1 unspecified atom stereocenters. The maximum absolute atomic E-state index is 12.1. The molecule has 2 aliphatic rings. The zero-order valence-corrected chi connectivity index (χ0v) is 13.5. The van der Waals surface area contributed by atoms with Gasteiger partial charge in [-0.1, -0.05) is 23.9 Å². The smallest absolute Gasteiger partial charge is 0.253 e. The van der Waals surface area contributed by atoms with E-state index in [-0.39, 0.29) is 17.6 Å². The van der Waals surface area contributed by atoms with E-state index in [1.54, 1.807) is 11.8 Å². The van der Waals surface area contributed by atoms with E-state index in [1.165, 1.54) is 0 Å². The minimum absolute atomic E-state index is 0.0676. The van der Waals surface area contributed by atoms with Gasteiger partial charge in [0.1, 0.15) is 6.10 Å². The number of anilines is 1. The molecule has 6 heteroatoms. The number of carbonyl (C=O) groups is 1. The van der Waals surface area contributed by atoms with Crippen molar-refractivity contribution in [1.29, 1.82) is 0 Å². The highest BCUT2D eigenvalue weighted by Gasteiger charge is 2.30. The van der Waals surface area contributed by atoms with Crippen LogP contribution < -0.4 is 11.1 Å². The lowest BCUT2D eigenvalue weighted by Crippen LogP contribution is -2.29. The molecular formula is C16H21N3O2S. The number of aliphatic imine (C=N–C) groups is 1. The summed E-state index contributed by atoms with van der Waals surface area (Å²) in [5.41, 5.74) is 7.41. The Morgan fingerprint density at radius 3 is 3.14 bits per heavy atom. The number of nitrogens with two attached hydrogens (primary N) is 1. The van der Waals surface area contributed by atoms with Crippen molar-refractivity contribution in [2.75, 3.05) is 17.7 Å². The Kier molecular flexibility index (Phi) is 4.40. The molecule has 118 valence electrons. The van der Waals surface area contributed by atoms with Crippen LogP contribution >= 0.6 is 11.8 Å². The summed E-state index contributed by atoms with van der Waals surface area (Å²) in [5.74, 6) is 0.889. The van der Waals surface area contributed by atoms with Gasteiger partial charge in [0, 0.05) is 18.0 Å². The highest BCUT2D eigenvalue weighted by molar-refractivity contribution is 8.13. The summed E-state index contributed by atoms with van der Waals surface area (Å²) in [5, 5.41) is 3.57. The lowest BCUT2D eigenvalue weighted by molar-refractivity contribution is -0.124. The number of rotatable bonds is 3. The fourth-order valence-electron chi connectivity index (χ4n) is 2.83. The number of hydrogen-bond acceptors (Lipinski definition) is 5. The summed E-state index contributed by atoms with van der Waals surface area (Å²) in [4.78, 5) is 16.7.